The van der Waals surface area contributed by atoms with Gasteiger partial charge in [-0.3, -0.25) is 4.68 Å². The molecule has 1 atom stereocenters. The summed E-state index contributed by atoms with van der Waals surface area (Å²) in [6, 6.07) is 8.90. The van der Waals surface area contributed by atoms with Crippen LogP contribution in [0.2, 0.25) is 0 Å². The number of hydrogen-bond acceptors (Lipinski definition) is 2. The fraction of sp³-hybridized carbons (Fsp3) is 0.471. The van der Waals surface area contributed by atoms with Crippen LogP contribution in [0.4, 0.5) is 0 Å². The first-order valence-electron chi connectivity index (χ1n) is 7.20. The summed E-state index contributed by atoms with van der Waals surface area (Å²) < 4.78 is 1.98. The first kappa shape index (κ1) is 14.8. The Bertz CT molecular complexity index is 594. The van der Waals surface area contributed by atoms with Crippen molar-refractivity contribution in [1.29, 1.82) is 0 Å². The van der Waals surface area contributed by atoms with E-state index >= 15 is 0 Å². The molecule has 0 fully saturated rings. The number of hydrogen-bond donors (Lipinski definition) is 1. The van der Waals surface area contributed by atoms with Gasteiger partial charge in [-0.2, -0.15) is 5.10 Å². The van der Waals surface area contributed by atoms with Gasteiger partial charge in [-0.25, -0.2) is 0 Å². The highest BCUT2D eigenvalue weighted by atomic mass is 15.3. The first-order valence-corrected chi connectivity index (χ1v) is 7.20. The third-order valence-electron chi connectivity index (χ3n) is 3.91. The molecule has 0 aliphatic heterocycles. The molecule has 2 N–H and O–H groups in total. The first-order chi connectivity index (χ1) is 9.29. The van der Waals surface area contributed by atoms with Crippen LogP contribution < -0.4 is 5.73 Å². The Morgan fingerprint density at radius 2 is 1.90 bits per heavy atom. The van der Waals surface area contributed by atoms with Crippen molar-refractivity contribution in [3.05, 3.63) is 52.8 Å². The highest BCUT2D eigenvalue weighted by Crippen LogP contribution is 2.24. The second-order valence-electron chi connectivity index (χ2n) is 6.27. The van der Waals surface area contributed by atoms with Crippen LogP contribution in [-0.2, 0) is 12.0 Å². The van der Waals surface area contributed by atoms with Crippen LogP contribution in [-0.4, -0.2) is 9.78 Å². The molecule has 1 aromatic carbocycles. The lowest BCUT2D eigenvalue weighted by Gasteiger charge is -2.25. The molecule has 1 aromatic heterocycles. The van der Waals surface area contributed by atoms with Gasteiger partial charge in [0.05, 0.1) is 5.69 Å². The predicted molar refractivity (Wildman–Crippen MR) is 83.8 cm³/mol. The van der Waals surface area contributed by atoms with Crippen molar-refractivity contribution in [1.82, 2.24) is 9.78 Å². The van der Waals surface area contributed by atoms with Gasteiger partial charge in [0.2, 0.25) is 0 Å². The van der Waals surface area contributed by atoms with Crippen LogP contribution in [0.3, 0.4) is 0 Å². The largest absolute Gasteiger partial charge is 0.321 e. The van der Waals surface area contributed by atoms with Gasteiger partial charge in [0.15, 0.2) is 0 Å². The molecule has 1 unspecified atom stereocenters. The zero-order chi connectivity index (χ0) is 14.9. The van der Waals surface area contributed by atoms with Gasteiger partial charge in [-0.05, 0) is 57.4 Å². The molecule has 0 radical (unpaired) electrons. The highest BCUT2D eigenvalue weighted by molar-refractivity contribution is 5.34. The summed E-state index contributed by atoms with van der Waals surface area (Å²) in [7, 11) is 0. The van der Waals surface area contributed by atoms with Crippen LogP contribution in [0.25, 0.3) is 0 Å². The van der Waals surface area contributed by atoms with E-state index in [0.29, 0.717) is 6.04 Å². The normalized spacial score (nSPS) is 14.6. The van der Waals surface area contributed by atoms with Gasteiger partial charge < -0.3 is 5.73 Å². The predicted octanol–water partition coefficient (Wildman–Crippen LogP) is 3.50. The van der Waals surface area contributed by atoms with E-state index in [9.17, 15) is 0 Å². The Morgan fingerprint density at radius 3 is 2.45 bits per heavy atom. The van der Waals surface area contributed by atoms with E-state index in [1.54, 1.807) is 0 Å². The molecule has 2 rings (SSSR count). The summed E-state index contributed by atoms with van der Waals surface area (Å²) in [5.74, 6) is 0. The summed E-state index contributed by atoms with van der Waals surface area (Å²) in [6.45, 7) is 10.6. The third-order valence-corrected chi connectivity index (χ3v) is 3.91. The Hall–Kier alpha value is -1.61. The monoisotopic (exact) mass is 271 g/mol. The topological polar surface area (TPSA) is 43.8 Å². The smallest absolute Gasteiger partial charge is 0.0646 e. The maximum Gasteiger partial charge on any atom is 0.0646 e. The van der Waals surface area contributed by atoms with Crippen molar-refractivity contribution in [3.63, 3.8) is 0 Å². The van der Waals surface area contributed by atoms with Gasteiger partial charge in [0.1, 0.15) is 0 Å². The van der Waals surface area contributed by atoms with E-state index in [-0.39, 0.29) is 0 Å². The molecule has 3 nitrogen and oxygen atoms in total. The number of rotatable bonds is 4. The van der Waals surface area contributed by atoms with Crippen LogP contribution in [0.5, 0.6) is 0 Å². The molecule has 3 heteroatoms. The standard InChI is InChI=1S/C17H25N3/c1-12(2)20-9-8-16(19-20)11-17(5,18)15-7-6-13(3)14(4)10-15/h6-10,12H,11,18H2,1-5H3. The maximum atomic E-state index is 6.53. The molecule has 2 aromatic rings. The van der Waals surface area contributed by atoms with Crippen LogP contribution in [0.1, 0.15) is 49.2 Å². The lowest BCUT2D eigenvalue weighted by molar-refractivity contribution is 0.469. The Labute approximate surface area is 121 Å². The average Bonchev–Trinajstić information content (AvgIpc) is 2.80. The Kier molecular flexibility index (Phi) is 4.00. The minimum Gasteiger partial charge on any atom is -0.321 e. The SMILES string of the molecule is Cc1ccc(C(C)(N)Cc2ccn(C(C)C)n2)cc1C. The fourth-order valence-electron chi connectivity index (χ4n) is 2.33. The van der Waals surface area contributed by atoms with Crippen molar-refractivity contribution < 1.29 is 0 Å². The lowest BCUT2D eigenvalue weighted by atomic mass is 9.87. The van der Waals surface area contributed by atoms with Gasteiger partial charge in [0.25, 0.3) is 0 Å². The summed E-state index contributed by atoms with van der Waals surface area (Å²) in [5.41, 5.74) is 10.9. The molecule has 0 amide bonds. The summed E-state index contributed by atoms with van der Waals surface area (Å²) in [4.78, 5) is 0. The molecule has 0 bridgehead atoms. The van der Waals surface area contributed by atoms with Gasteiger partial charge in [-0.1, -0.05) is 18.2 Å². The maximum absolute atomic E-state index is 6.53. The minimum atomic E-state index is -0.394. The molecule has 0 spiro atoms. The molecule has 20 heavy (non-hydrogen) atoms. The minimum absolute atomic E-state index is 0.384. The molecule has 0 aliphatic carbocycles. The number of nitrogens with two attached hydrogens (primary N) is 1. The Morgan fingerprint density at radius 1 is 1.20 bits per heavy atom. The molecule has 0 saturated heterocycles. The van der Waals surface area contributed by atoms with Gasteiger partial charge >= 0.3 is 0 Å². The van der Waals surface area contributed by atoms with Crippen LogP contribution >= 0.6 is 0 Å². The van der Waals surface area contributed by atoms with Crippen molar-refractivity contribution in [2.24, 2.45) is 5.73 Å². The van der Waals surface area contributed by atoms with E-state index in [0.717, 1.165) is 12.1 Å². The fourth-order valence-corrected chi connectivity index (χ4v) is 2.33. The van der Waals surface area contributed by atoms with Crippen molar-refractivity contribution in [2.75, 3.05) is 0 Å². The van der Waals surface area contributed by atoms with E-state index in [2.05, 4.69) is 64.0 Å². The number of aryl methyl sites for hydroxylation is 2. The zero-order valence-corrected chi connectivity index (χ0v) is 13.1. The molecular weight excluding hydrogens is 246 g/mol. The lowest BCUT2D eigenvalue weighted by Crippen LogP contribution is -2.35. The van der Waals surface area contributed by atoms with E-state index in [1.807, 2.05) is 10.9 Å². The van der Waals surface area contributed by atoms with Gasteiger partial charge in [-0.15, -0.1) is 0 Å². The quantitative estimate of drug-likeness (QED) is 0.925. The van der Waals surface area contributed by atoms with Crippen molar-refractivity contribution >= 4 is 0 Å². The van der Waals surface area contributed by atoms with E-state index < -0.39 is 5.54 Å². The number of nitrogens with zero attached hydrogens (tertiary/aromatic N) is 2. The average molecular weight is 271 g/mol. The van der Waals surface area contributed by atoms with E-state index in [4.69, 9.17) is 5.73 Å². The molecule has 108 valence electrons. The Balaban J connectivity index is 2.22. The summed E-state index contributed by atoms with van der Waals surface area (Å²) >= 11 is 0. The molecular formula is C17H25N3. The highest BCUT2D eigenvalue weighted by Gasteiger charge is 2.23. The molecule has 0 aliphatic rings. The van der Waals surface area contributed by atoms with E-state index in [1.165, 1.54) is 16.7 Å². The second kappa shape index (κ2) is 5.41. The van der Waals surface area contributed by atoms with Gasteiger partial charge in [0, 0.05) is 24.2 Å². The second-order valence-corrected chi connectivity index (χ2v) is 6.27. The van der Waals surface area contributed by atoms with Crippen LogP contribution in [0, 0.1) is 13.8 Å². The zero-order valence-electron chi connectivity index (χ0n) is 13.1. The number of benzene rings is 1. The third kappa shape index (κ3) is 3.10. The summed E-state index contributed by atoms with van der Waals surface area (Å²) in [5, 5.41) is 4.60. The summed E-state index contributed by atoms with van der Waals surface area (Å²) in [6.07, 6.45) is 2.77. The van der Waals surface area contributed by atoms with Crippen molar-refractivity contribution in [2.45, 2.75) is 52.6 Å². The van der Waals surface area contributed by atoms with Crippen molar-refractivity contribution in [3.8, 4) is 0 Å². The molecule has 0 saturated carbocycles. The number of aromatic nitrogens is 2. The van der Waals surface area contributed by atoms with Crippen LogP contribution in [0.15, 0.2) is 30.5 Å². The molecule has 1 heterocycles.